The Labute approximate surface area is 179 Å². The summed E-state index contributed by atoms with van der Waals surface area (Å²) in [6, 6.07) is 10.4. The zero-order valence-electron chi connectivity index (χ0n) is 17.3. The molecule has 0 radical (unpaired) electrons. The number of aromatic nitrogens is 2. The molecule has 0 spiro atoms. The molecule has 0 aliphatic heterocycles. The Morgan fingerprint density at radius 3 is 2.39 bits per heavy atom. The molecule has 168 valence electrons. The van der Waals surface area contributed by atoms with Crippen LogP contribution in [-0.4, -0.2) is 41.1 Å². The van der Waals surface area contributed by atoms with E-state index in [0.29, 0.717) is 0 Å². The van der Waals surface area contributed by atoms with E-state index < -0.39 is 25.3 Å². The Kier molecular flexibility index (Phi) is 9.39. The third-order valence-corrected chi connectivity index (χ3v) is 5.60. The van der Waals surface area contributed by atoms with Crippen molar-refractivity contribution in [3.8, 4) is 0 Å². The maximum atomic E-state index is 12.3. The highest BCUT2D eigenvalue weighted by Crippen LogP contribution is 2.46. The lowest BCUT2D eigenvalue weighted by Gasteiger charge is -2.17. The largest absolute Gasteiger partial charge is 0.444 e. The summed E-state index contributed by atoms with van der Waals surface area (Å²) in [4.78, 5) is 39.7. The van der Waals surface area contributed by atoms with Crippen LogP contribution in [0.5, 0.6) is 0 Å². The highest BCUT2D eigenvalue weighted by molar-refractivity contribution is 7.53. The zero-order chi connectivity index (χ0) is 22.7. The molecule has 12 heteroatoms. The average Bonchev–Trinajstić information content (AvgIpc) is 2.74. The molecule has 2 amide bonds. The summed E-state index contributed by atoms with van der Waals surface area (Å²) in [5.41, 5.74) is 0.0547. The van der Waals surface area contributed by atoms with E-state index in [0.717, 1.165) is 10.1 Å². The molecular formula is C19H25N4O7P. The van der Waals surface area contributed by atoms with E-state index in [1.165, 1.54) is 12.3 Å². The topological polar surface area (TPSA) is 138 Å². The molecular weight excluding hydrogens is 427 g/mol. The summed E-state index contributed by atoms with van der Waals surface area (Å²) in [6.45, 7) is 3.36. The number of hydrogen-bond acceptors (Lipinski definition) is 8. The number of carbonyl (C=O) groups excluding carboxylic acids is 2. The first kappa shape index (κ1) is 24.3. The van der Waals surface area contributed by atoms with Crippen molar-refractivity contribution < 1.29 is 27.9 Å². The molecule has 1 heterocycles. The van der Waals surface area contributed by atoms with Crippen LogP contribution in [0.2, 0.25) is 0 Å². The SMILES string of the molecule is CCOP(=O)(CNC(=O)Cn1ccc(NC(=O)OCc2ccccc2)nc1=O)OCC. The first-order chi connectivity index (χ1) is 14.8. The molecule has 0 saturated heterocycles. The predicted octanol–water partition coefficient (Wildman–Crippen LogP) is 2.33. The van der Waals surface area contributed by atoms with Crippen LogP contribution < -0.4 is 16.3 Å². The van der Waals surface area contributed by atoms with Crippen molar-refractivity contribution in [3.05, 3.63) is 58.6 Å². The van der Waals surface area contributed by atoms with E-state index >= 15 is 0 Å². The molecule has 0 bridgehead atoms. The number of hydrogen-bond donors (Lipinski definition) is 2. The van der Waals surface area contributed by atoms with E-state index in [4.69, 9.17) is 13.8 Å². The number of rotatable bonds is 11. The van der Waals surface area contributed by atoms with Gasteiger partial charge in [0.05, 0.1) is 13.2 Å². The molecule has 2 N–H and O–H groups in total. The van der Waals surface area contributed by atoms with Crippen LogP contribution >= 0.6 is 7.60 Å². The van der Waals surface area contributed by atoms with Gasteiger partial charge in [0.1, 0.15) is 25.3 Å². The molecule has 0 atom stereocenters. The van der Waals surface area contributed by atoms with Crippen molar-refractivity contribution in [1.82, 2.24) is 14.9 Å². The second-order valence-corrected chi connectivity index (χ2v) is 8.17. The van der Waals surface area contributed by atoms with Crippen LogP contribution in [0.3, 0.4) is 0 Å². The molecule has 2 aromatic rings. The molecule has 0 aliphatic carbocycles. The summed E-state index contributed by atoms with van der Waals surface area (Å²) in [5.74, 6) is -0.594. The van der Waals surface area contributed by atoms with Crippen molar-refractivity contribution in [2.45, 2.75) is 27.0 Å². The maximum Gasteiger partial charge on any atom is 0.413 e. The van der Waals surface area contributed by atoms with Gasteiger partial charge in [-0.3, -0.25) is 19.2 Å². The van der Waals surface area contributed by atoms with Crippen LogP contribution in [0, 0.1) is 0 Å². The van der Waals surface area contributed by atoms with Gasteiger partial charge in [0.15, 0.2) is 0 Å². The Bertz CT molecular complexity index is 971. The van der Waals surface area contributed by atoms with Gasteiger partial charge >= 0.3 is 19.4 Å². The quantitative estimate of drug-likeness (QED) is 0.496. The number of benzene rings is 1. The summed E-state index contributed by atoms with van der Waals surface area (Å²) in [5, 5.41) is 4.77. The fraction of sp³-hybridized carbons (Fsp3) is 0.368. The Balaban J connectivity index is 1.87. The van der Waals surface area contributed by atoms with Gasteiger partial charge in [-0.15, -0.1) is 0 Å². The van der Waals surface area contributed by atoms with Gasteiger partial charge in [-0.2, -0.15) is 4.98 Å². The van der Waals surface area contributed by atoms with Crippen molar-refractivity contribution in [1.29, 1.82) is 0 Å². The van der Waals surface area contributed by atoms with Gasteiger partial charge < -0.3 is 19.1 Å². The summed E-state index contributed by atoms with van der Waals surface area (Å²) in [6.07, 6.45) is 0.212. The molecule has 0 aliphatic rings. The Hall–Kier alpha value is -3.01. The maximum absolute atomic E-state index is 12.3. The van der Waals surface area contributed by atoms with Crippen LogP contribution in [-0.2, 0) is 36.3 Å². The number of nitrogens with zero attached hydrogens (tertiary/aromatic N) is 2. The smallest absolute Gasteiger partial charge is 0.413 e. The molecule has 1 aromatic heterocycles. The van der Waals surface area contributed by atoms with Crippen molar-refractivity contribution in [3.63, 3.8) is 0 Å². The van der Waals surface area contributed by atoms with E-state index in [9.17, 15) is 18.9 Å². The lowest BCUT2D eigenvalue weighted by atomic mass is 10.2. The second kappa shape index (κ2) is 12.0. The summed E-state index contributed by atoms with van der Waals surface area (Å²) < 4.78 is 28.6. The van der Waals surface area contributed by atoms with E-state index in [1.54, 1.807) is 26.0 Å². The van der Waals surface area contributed by atoms with Gasteiger partial charge in [-0.25, -0.2) is 9.59 Å². The van der Waals surface area contributed by atoms with Gasteiger partial charge in [-0.05, 0) is 25.5 Å². The minimum atomic E-state index is -3.44. The molecule has 0 fully saturated rings. The first-order valence-electron chi connectivity index (χ1n) is 9.55. The first-order valence-corrected chi connectivity index (χ1v) is 11.3. The fourth-order valence-corrected chi connectivity index (χ4v) is 3.81. The minimum Gasteiger partial charge on any atom is -0.444 e. The van der Waals surface area contributed by atoms with Gasteiger partial charge in [0.25, 0.3) is 0 Å². The number of anilines is 1. The number of ether oxygens (including phenoxy) is 1. The summed E-state index contributed by atoms with van der Waals surface area (Å²) in [7, 11) is -3.44. The van der Waals surface area contributed by atoms with Crippen LogP contribution in [0.25, 0.3) is 0 Å². The summed E-state index contributed by atoms with van der Waals surface area (Å²) >= 11 is 0. The molecule has 31 heavy (non-hydrogen) atoms. The van der Waals surface area contributed by atoms with E-state index in [-0.39, 0.29) is 38.5 Å². The van der Waals surface area contributed by atoms with Crippen LogP contribution in [0.15, 0.2) is 47.4 Å². The van der Waals surface area contributed by atoms with Crippen LogP contribution in [0.4, 0.5) is 10.6 Å². The number of amides is 2. The van der Waals surface area contributed by atoms with Gasteiger partial charge in [0, 0.05) is 6.20 Å². The Morgan fingerprint density at radius 1 is 1.10 bits per heavy atom. The van der Waals surface area contributed by atoms with Crippen molar-refractivity contribution >= 4 is 25.4 Å². The lowest BCUT2D eigenvalue weighted by molar-refractivity contribution is -0.121. The van der Waals surface area contributed by atoms with Crippen molar-refractivity contribution in [2.24, 2.45) is 0 Å². The lowest BCUT2D eigenvalue weighted by Crippen LogP contribution is -2.34. The molecule has 0 saturated carbocycles. The van der Waals surface area contributed by atoms with E-state index in [2.05, 4.69) is 15.6 Å². The van der Waals surface area contributed by atoms with Gasteiger partial charge in [0.2, 0.25) is 5.91 Å². The third kappa shape index (κ3) is 8.33. The Morgan fingerprint density at radius 2 is 1.77 bits per heavy atom. The second-order valence-electron chi connectivity index (χ2n) is 6.11. The zero-order valence-corrected chi connectivity index (χ0v) is 18.2. The normalized spacial score (nSPS) is 11.0. The standard InChI is InChI=1S/C19H25N4O7P/c1-3-29-31(27,30-4-2)14-20-17(24)12-23-11-10-16(21-18(23)25)22-19(26)28-13-15-8-6-5-7-9-15/h5-11H,3-4,12-14H2,1-2H3,(H,20,24)(H,21,22,25,26). The number of carbonyl (C=O) groups is 2. The predicted molar refractivity (Wildman–Crippen MR) is 113 cm³/mol. The van der Waals surface area contributed by atoms with Gasteiger partial charge in [-0.1, -0.05) is 30.3 Å². The molecule has 2 rings (SSSR count). The highest BCUT2D eigenvalue weighted by atomic mass is 31.2. The minimum absolute atomic E-state index is 0.0167. The highest BCUT2D eigenvalue weighted by Gasteiger charge is 2.24. The molecule has 11 nitrogen and oxygen atoms in total. The fourth-order valence-electron chi connectivity index (χ4n) is 2.40. The molecule has 0 unspecified atom stereocenters. The number of nitrogens with one attached hydrogen (secondary N) is 2. The average molecular weight is 452 g/mol. The van der Waals surface area contributed by atoms with Crippen LogP contribution in [0.1, 0.15) is 19.4 Å². The monoisotopic (exact) mass is 452 g/mol. The van der Waals surface area contributed by atoms with Crippen molar-refractivity contribution in [2.75, 3.05) is 24.8 Å². The molecule has 1 aromatic carbocycles. The van der Waals surface area contributed by atoms with E-state index in [1.807, 2.05) is 18.2 Å². The third-order valence-electron chi connectivity index (χ3n) is 3.75.